The van der Waals surface area contributed by atoms with Gasteiger partial charge >= 0.3 is 6.03 Å². The lowest BCUT2D eigenvalue weighted by atomic mass is 10.1. The third-order valence-corrected chi connectivity index (χ3v) is 3.13. The summed E-state index contributed by atoms with van der Waals surface area (Å²) in [5.41, 5.74) is 8.66. The first-order valence-corrected chi connectivity index (χ1v) is 6.65. The molecule has 0 heterocycles. The molecule has 0 radical (unpaired) electrons. The van der Waals surface area contributed by atoms with Crippen molar-refractivity contribution in [3.63, 3.8) is 0 Å². The number of anilines is 2. The Bertz CT molecular complexity index is 638. The number of nitrogens with one attached hydrogen (secondary N) is 2. The van der Waals surface area contributed by atoms with Crippen LogP contribution in [0.2, 0.25) is 0 Å². The highest BCUT2D eigenvalue weighted by atomic mass is 19.1. The Labute approximate surface area is 123 Å². The van der Waals surface area contributed by atoms with Crippen molar-refractivity contribution >= 4 is 17.4 Å². The van der Waals surface area contributed by atoms with Gasteiger partial charge in [0.2, 0.25) is 0 Å². The van der Waals surface area contributed by atoms with Gasteiger partial charge in [-0.3, -0.25) is 0 Å². The zero-order chi connectivity index (χ0) is 15.4. The molecule has 0 aliphatic heterocycles. The van der Waals surface area contributed by atoms with E-state index in [4.69, 9.17) is 5.73 Å². The fourth-order valence-corrected chi connectivity index (χ4v) is 1.92. The number of halogens is 1. The molecule has 2 aromatic carbocycles. The van der Waals surface area contributed by atoms with Crippen molar-refractivity contribution in [3.8, 4) is 0 Å². The van der Waals surface area contributed by atoms with Crippen LogP contribution in [-0.2, 0) is 0 Å². The van der Waals surface area contributed by atoms with Crippen LogP contribution < -0.4 is 16.4 Å². The maximum Gasteiger partial charge on any atom is 0.323 e. The van der Waals surface area contributed by atoms with Gasteiger partial charge in [0.05, 0.1) is 0 Å². The van der Waals surface area contributed by atoms with Crippen LogP contribution in [-0.4, -0.2) is 6.03 Å². The van der Waals surface area contributed by atoms with Crippen LogP contribution in [0.25, 0.3) is 0 Å². The molecular formula is C16H18FN3O. The molecule has 0 saturated heterocycles. The summed E-state index contributed by atoms with van der Waals surface area (Å²) in [7, 11) is 0. The first kappa shape index (κ1) is 15.0. The zero-order valence-electron chi connectivity index (χ0n) is 12.0. The lowest BCUT2D eigenvalue weighted by Crippen LogP contribution is -2.20. The van der Waals surface area contributed by atoms with Crippen molar-refractivity contribution < 1.29 is 9.18 Å². The molecule has 5 heteroatoms. The molecule has 0 fully saturated rings. The molecule has 2 rings (SSSR count). The van der Waals surface area contributed by atoms with Gasteiger partial charge in [-0.2, -0.15) is 0 Å². The van der Waals surface area contributed by atoms with E-state index in [1.807, 2.05) is 19.1 Å². The molecule has 2 amide bonds. The Morgan fingerprint density at radius 3 is 2.38 bits per heavy atom. The summed E-state index contributed by atoms with van der Waals surface area (Å²) < 4.78 is 13.0. The maximum atomic E-state index is 13.0. The molecule has 0 saturated carbocycles. The normalized spacial score (nSPS) is 11.8. The summed E-state index contributed by atoms with van der Waals surface area (Å²) in [6.07, 6.45) is 0. The van der Waals surface area contributed by atoms with Gasteiger partial charge in [-0.15, -0.1) is 0 Å². The molecule has 1 atom stereocenters. The van der Waals surface area contributed by atoms with Crippen LogP contribution in [0.1, 0.15) is 24.1 Å². The number of carbonyl (C=O) groups is 1. The summed E-state index contributed by atoms with van der Waals surface area (Å²) in [4.78, 5) is 11.9. The quantitative estimate of drug-likeness (QED) is 0.803. The van der Waals surface area contributed by atoms with Crippen LogP contribution >= 0.6 is 0 Å². The van der Waals surface area contributed by atoms with Crippen LogP contribution in [0, 0.1) is 12.7 Å². The third-order valence-electron chi connectivity index (χ3n) is 3.13. The molecule has 0 spiro atoms. The largest absolute Gasteiger partial charge is 0.324 e. The van der Waals surface area contributed by atoms with Gasteiger partial charge < -0.3 is 16.4 Å². The first-order valence-electron chi connectivity index (χ1n) is 6.65. The van der Waals surface area contributed by atoms with E-state index >= 15 is 0 Å². The molecule has 0 bridgehead atoms. The van der Waals surface area contributed by atoms with Crippen LogP contribution in [0.3, 0.4) is 0 Å². The van der Waals surface area contributed by atoms with E-state index in [0.717, 1.165) is 5.56 Å². The molecule has 4 nitrogen and oxygen atoms in total. The number of amides is 2. The van der Waals surface area contributed by atoms with Gasteiger partial charge in [-0.25, -0.2) is 9.18 Å². The molecule has 0 aromatic heterocycles. The monoisotopic (exact) mass is 287 g/mol. The van der Waals surface area contributed by atoms with E-state index in [-0.39, 0.29) is 17.9 Å². The van der Waals surface area contributed by atoms with Gasteiger partial charge in [0.1, 0.15) is 5.82 Å². The maximum absolute atomic E-state index is 13.0. The number of nitrogens with two attached hydrogens (primary N) is 1. The van der Waals surface area contributed by atoms with Gasteiger partial charge in [-0.1, -0.05) is 12.1 Å². The number of aryl methyl sites for hydroxylation is 1. The summed E-state index contributed by atoms with van der Waals surface area (Å²) in [6.45, 7) is 3.63. The molecule has 0 aliphatic carbocycles. The second-order valence-electron chi connectivity index (χ2n) is 4.95. The Hall–Kier alpha value is -2.40. The lowest BCUT2D eigenvalue weighted by molar-refractivity contribution is 0.262. The van der Waals surface area contributed by atoms with Gasteiger partial charge in [0.25, 0.3) is 0 Å². The standard InChI is InChI=1S/C16H18FN3O/c1-10-9-13(17)5-8-15(10)20-16(21)19-14-6-3-12(4-7-14)11(2)18/h3-9,11H,18H2,1-2H3,(H2,19,20,21). The predicted molar refractivity (Wildman–Crippen MR) is 82.8 cm³/mol. The smallest absolute Gasteiger partial charge is 0.323 e. The highest BCUT2D eigenvalue weighted by molar-refractivity contribution is 6.00. The minimum atomic E-state index is -0.377. The molecule has 21 heavy (non-hydrogen) atoms. The summed E-state index contributed by atoms with van der Waals surface area (Å²) in [5.74, 6) is -0.329. The second-order valence-corrected chi connectivity index (χ2v) is 4.95. The fraction of sp³-hybridized carbons (Fsp3) is 0.188. The van der Waals surface area contributed by atoms with Crippen molar-refractivity contribution in [2.75, 3.05) is 10.6 Å². The Morgan fingerprint density at radius 1 is 1.14 bits per heavy atom. The Balaban J connectivity index is 2.01. The SMILES string of the molecule is Cc1cc(F)ccc1NC(=O)Nc1ccc(C(C)N)cc1. The number of hydrogen-bond acceptors (Lipinski definition) is 2. The first-order chi connectivity index (χ1) is 9.95. The number of urea groups is 1. The highest BCUT2D eigenvalue weighted by Gasteiger charge is 2.06. The van der Waals surface area contributed by atoms with Crippen molar-refractivity contribution in [1.82, 2.24) is 0 Å². The van der Waals surface area contributed by atoms with E-state index in [9.17, 15) is 9.18 Å². The van der Waals surface area contributed by atoms with Crippen LogP contribution in [0.5, 0.6) is 0 Å². The highest BCUT2D eigenvalue weighted by Crippen LogP contribution is 2.17. The van der Waals surface area contributed by atoms with Crippen molar-refractivity contribution in [2.45, 2.75) is 19.9 Å². The van der Waals surface area contributed by atoms with E-state index in [2.05, 4.69) is 10.6 Å². The molecule has 0 aliphatic rings. The number of benzene rings is 2. The number of carbonyl (C=O) groups excluding carboxylic acids is 1. The Morgan fingerprint density at radius 2 is 1.81 bits per heavy atom. The minimum Gasteiger partial charge on any atom is -0.324 e. The van der Waals surface area contributed by atoms with E-state index in [0.29, 0.717) is 16.9 Å². The van der Waals surface area contributed by atoms with Gasteiger partial charge in [0.15, 0.2) is 0 Å². The third kappa shape index (κ3) is 4.03. The minimum absolute atomic E-state index is 0.0465. The van der Waals surface area contributed by atoms with E-state index in [1.54, 1.807) is 19.1 Å². The topological polar surface area (TPSA) is 67.2 Å². The second kappa shape index (κ2) is 6.37. The van der Waals surface area contributed by atoms with Crippen LogP contribution in [0.15, 0.2) is 42.5 Å². The zero-order valence-corrected chi connectivity index (χ0v) is 12.0. The van der Waals surface area contributed by atoms with E-state index in [1.165, 1.54) is 18.2 Å². The average molecular weight is 287 g/mol. The van der Waals surface area contributed by atoms with Gasteiger partial charge in [-0.05, 0) is 55.3 Å². The van der Waals surface area contributed by atoms with Crippen molar-refractivity contribution in [2.24, 2.45) is 5.73 Å². The number of hydrogen-bond donors (Lipinski definition) is 3. The molecule has 1 unspecified atom stereocenters. The molecule has 2 aromatic rings. The Kier molecular flexibility index (Phi) is 4.55. The van der Waals surface area contributed by atoms with Crippen LogP contribution in [0.4, 0.5) is 20.6 Å². The summed E-state index contributed by atoms with van der Waals surface area (Å²) >= 11 is 0. The number of rotatable bonds is 3. The molecule has 4 N–H and O–H groups in total. The fourth-order valence-electron chi connectivity index (χ4n) is 1.92. The summed E-state index contributed by atoms with van der Waals surface area (Å²) in [6, 6.07) is 11.1. The van der Waals surface area contributed by atoms with Crippen molar-refractivity contribution in [3.05, 3.63) is 59.4 Å². The average Bonchev–Trinajstić information content (AvgIpc) is 2.42. The van der Waals surface area contributed by atoms with E-state index < -0.39 is 0 Å². The van der Waals surface area contributed by atoms with Crippen molar-refractivity contribution in [1.29, 1.82) is 0 Å². The summed E-state index contributed by atoms with van der Waals surface area (Å²) in [5, 5.41) is 5.40. The lowest BCUT2D eigenvalue weighted by Gasteiger charge is -2.11. The van der Waals surface area contributed by atoms with Gasteiger partial charge in [0, 0.05) is 17.4 Å². The molecular weight excluding hydrogens is 269 g/mol. The predicted octanol–water partition coefficient (Wildman–Crippen LogP) is 3.80. The molecule has 110 valence electrons.